The molecule has 0 radical (unpaired) electrons. The second-order valence-corrected chi connectivity index (χ2v) is 7.63. The van der Waals surface area contributed by atoms with E-state index in [1.807, 2.05) is 24.0 Å². The van der Waals surface area contributed by atoms with Crippen molar-refractivity contribution in [2.75, 3.05) is 31.1 Å². The molecule has 2 aromatic heterocycles. The van der Waals surface area contributed by atoms with Crippen LogP contribution in [0.15, 0.2) is 49.1 Å². The Kier molecular flexibility index (Phi) is 6.35. The molecule has 4 rings (SSSR count). The summed E-state index contributed by atoms with van der Waals surface area (Å²) in [4.78, 5) is 13.7. The Morgan fingerprint density at radius 3 is 2.53 bits per heavy atom. The van der Waals surface area contributed by atoms with E-state index < -0.39 is 0 Å². The Morgan fingerprint density at radius 2 is 1.80 bits per heavy atom. The second-order valence-electron chi connectivity index (χ2n) is 7.63. The molecular formula is C22H27FN6O. The monoisotopic (exact) mass is 410 g/mol. The maximum atomic E-state index is 13.3. The van der Waals surface area contributed by atoms with Crippen molar-refractivity contribution in [1.82, 2.24) is 24.6 Å². The number of piperazine rings is 1. The maximum absolute atomic E-state index is 13.3. The van der Waals surface area contributed by atoms with Gasteiger partial charge in [-0.3, -0.25) is 14.6 Å². The van der Waals surface area contributed by atoms with Gasteiger partial charge in [0, 0.05) is 62.4 Å². The minimum atomic E-state index is -0.358. The summed E-state index contributed by atoms with van der Waals surface area (Å²) in [5.74, 6) is 0.579. The summed E-state index contributed by atoms with van der Waals surface area (Å²) in [6.45, 7) is 6.83. The molecule has 1 aliphatic rings. The summed E-state index contributed by atoms with van der Waals surface area (Å²) >= 11 is 0. The molecule has 0 amide bonds. The van der Waals surface area contributed by atoms with E-state index in [0.29, 0.717) is 6.54 Å². The number of aliphatic hydroxyl groups excluding tert-OH is 1. The minimum Gasteiger partial charge on any atom is -0.391 e. The third-order valence-corrected chi connectivity index (χ3v) is 5.43. The summed E-state index contributed by atoms with van der Waals surface area (Å²) in [5, 5.41) is 14.1. The Bertz CT molecular complexity index is 952. The minimum absolute atomic E-state index is 0.259. The quantitative estimate of drug-likeness (QED) is 0.646. The number of hydrogen-bond acceptors (Lipinski definition) is 6. The van der Waals surface area contributed by atoms with Crippen molar-refractivity contribution < 1.29 is 9.50 Å². The van der Waals surface area contributed by atoms with E-state index in [-0.39, 0.29) is 11.9 Å². The van der Waals surface area contributed by atoms with Crippen molar-refractivity contribution in [2.24, 2.45) is 0 Å². The lowest BCUT2D eigenvalue weighted by molar-refractivity contribution is 0.145. The Hall–Kier alpha value is -2.84. The average molecular weight is 410 g/mol. The fourth-order valence-corrected chi connectivity index (χ4v) is 3.68. The summed E-state index contributed by atoms with van der Waals surface area (Å²) in [6, 6.07) is 6.38. The zero-order chi connectivity index (χ0) is 20.9. The maximum Gasteiger partial charge on any atom is 0.155 e. The van der Waals surface area contributed by atoms with Crippen molar-refractivity contribution in [3.63, 3.8) is 0 Å². The molecule has 3 heterocycles. The highest BCUT2D eigenvalue weighted by molar-refractivity contribution is 5.72. The number of aliphatic hydroxyl groups is 1. The molecule has 1 N–H and O–H groups in total. The van der Waals surface area contributed by atoms with Crippen molar-refractivity contribution in [2.45, 2.75) is 32.5 Å². The summed E-state index contributed by atoms with van der Waals surface area (Å²) in [7, 11) is 0. The van der Waals surface area contributed by atoms with Gasteiger partial charge in [0.05, 0.1) is 18.8 Å². The zero-order valence-electron chi connectivity index (χ0n) is 17.2. The molecule has 1 aliphatic heterocycles. The number of rotatable bonds is 7. The summed E-state index contributed by atoms with van der Waals surface area (Å²) < 4.78 is 15.1. The molecule has 0 saturated carbocycles. The third-order valence-electron chi connectivity index (χ3n) is 5.43. The first-order valence-corrected chi connectivity index (χ1v) is 10.4. The molecule has 1 atom stereocenters. The van der Waals surface area contributed by atoms with Crippen LogP contribution in [-0.2, 0) is 13.1 Å². The predicted molar refractivity (Wildman–Crippen MR) is 113 cm³/mol. The lowest BCUT2D eigenvalue weighted by Gasteiger charge is -2.35. The highest BCUT2D eigenvalue weighted by atomic mass is 19.1. The van der Waals surface area contributed by atoms with Crippen LogP contribution in [0.2, 0.25) is 0 Å². The normalized spacial score (nSPS) is 16.0. The highest BCUT2D eigenvalue weighted by Gasteiger charge is 2.22. The van der Waals surface area contributed by atoms with E-state index in [9.17, 15) is 9.50 Å². The smallest absolute Gasteiger partial charge is 0.155 e. The van der Waals surface area contributed by atoms with E-state index in [2.05, 4.69) is 24.9 Å². The second kappa shape index (κ2) is 9.32. The number of hydrogen-bond donors (Lipinski definition) is 1. The molecule has 8 heteroatoms. The highest BCUT2D eigenvalue weighted by Crippen LogP contribution is 2.27. The number of aromatic nitrogens is 4. The standard InChI is InChI=1S/C22H27FN6O/c1-2-20(30)16-29-15-17(13-26-29)14-27-9-11-28(12-10-27)22-21(24-7-8-25-22)18-3-5-19(23)6-4-18/h3-8,13,15,20,30H,2,9-12,14,16H2,1H3/t20-/m0/s1. The van der Waals surface area contributed by atoms with Gasteiger partial charge in [-0.1, -0.05) is 6.92 Å². The lowest BCUT2D eigenvalue weighted by atomic mass is 10.1. The van der Waals surface area contributed by atoms with E-state index >= 15 is 0 Å². The van der Waals surface area contributed by atoms with Gasteiger partial charge in [-0.15, -0.1) is 0 Å². The van der Waals surface area contributed by atoms with E-state index in [4.69, 9.17) is 0 Å². The molecule has 30 heavy (non-hydrogen) atoms. The molecular weight excluding hydrogens is 383 g/mol. The molecule has 7 nitrogen and oxygen atoms in total. The van der Waals surface area contributed by atoms with Gasteiger partial charge < -0.3 is 10.0 Å². The molecule has 0 unspecified atom stereocenters. The fraction of sp³-hybridized carbons (Fsp3) is 0.409. The number of anilines is 1. The molecule has 0 spiro atoms. The van der Waals surface area contributed by atoms with E-state index in [1.165, 1.54) is 12.1 Å². The van der Waals surface area contributed by atoms with Crippen LogP contribution in [0.3, 0.4) is 0 Å². The van der Waals surface area contributed by atoms with E-state index in [0.717, 1.165) is 61.8 Å². The molecule has 1 fully saturated rings. The largest absolute Gasteiger partial charge is 0.391 e. The summed E-state index contributed by atoms with van der Waals surface area (Å²) in [5.41, 5.74) is 2.79. The average Bonchev–Trinajstić information content (AvgIpc) is 3.21. The fourth-order valence-electron chi connectivity index (χ4n) is 3.68. The molecule has 0 bridgehead atoms. The van der Waals surface area contributed by atoms with Crippen LogP contribution in [0, 0.1) is 5.82 Å². The molecule has 158 valence electrons. The van der Waals surface area contributed by atoms with Crippen molar-refractivity contribution in [3.05, 3.63) is 60.4 Å². The third kappa shape index (κ3) is 4.83. The van der Waals surface area contributed by atoms with Gasteiger partial charge in [-0.2, -0.15) is 5.10 Å². The van der Waals surface area contributed by atoms with Crippen LogP contribution in [-0.4, -0.2) is 62.0 Å². The SMILES string of the molecule is CC[C@H](O)Cn1cc(CN2CCN(c3nccnc3-c3ccc(F)cc3)CC2)cn1. The zero-order valence-corrected chi connectivity index (χ0v) is 17.2. The predicted octanol–water partition coefficient (Wildman–Crippen LogP) is 2.57. The van der Waals surface area contributed by atoms with Gasteiger partial charge in [-0.05, 0) is 30.7 Å². The number of nitrogens with zero attached hydrogens (tertiary/aromatic N) is 6. The number of benzene rings is 1. The Morgan fingerprint density at radius 1 is 1.07 bits per heavy atom. The Balaban J connectivity index is 1.38. The Labute approximate surface area is 175 Å². The van der Waals surface area contributed by atoms with Gasteiger partial charge in [0.1, 0.15) is 11.5 Å². The first-order valence-electron chi connectivity index (χ1n) is 10.4. The van der Waals surface area contributed by atoms with Crippen LogP contribution in [0.5, 0.6) is 0 Å². The van der Waals surface area contributed by atoms with Crippen LogP contribution < -0.4 is 4.90 Å². The van der Waals surface area contributed by atoms with Crippen LogP contribution in [0.1, 0.15) is 18.9 Å². The first-order chi connectivity index (χ1) is 14.6. The van der Waals surface area contributed by atoms with Gasteiger partial charge in [0.15, 0.2) is 5.82 Å². The van der Waals surface area contributed by atoms with Crippen molar-refractivity contribution in [1.29, 1.82) is 0 Å². The van der Waals surface area contributed by atoms with Gasteiger partial charge >= 0.3 is 0 Å². The molecule has 1 saturated heterocycles. The molecule has 1 aromatic carbocycles. The topological polar surface area (TPSA) is 70.3 Å². The van der Waals surface area contributed by atoms with Gasteiger partial charge in [0.25, 0.3) is 0 Å². The van der Waals surface area contributed by atoms with Gasteiger partial charge in [0.2, 0.25) is 0 Å². The van der Waals surface area contributed by atoms with Gasteiger partial charge in [-0.25, -0.2) is 9.37 Å². The first kappa shape index (κ1) is 20.4. The van der Waals surface area contributed by atoms with Crippen LogP contribution >= 0.6 is 0 Å². The lowest BCUT2D eigenvalue weighted by Crippen LogP contribution is -2.46. The van der Waals surface area contributed by atoms with Crippen LogP contribution in [0.25, 0.3) is 11.3 Å². The van der Waals surface area contributed by atoms with E-state index in [1.54, 1.807) is 24.5 Å². The number of halogens is 1. The summed E-state index contributed by atoms with van der Waals surface area (Å²) in [6.07, 6.45) is 7.63. The molecule has 3 aromatic rings. The molecule has 0 aliphatic carbocycles. The van der Waals surface area contributed by atoms with Crippen molar-refractivity contribution in [3.8, 4) is 11.3 Å². The van der Waals surface area contributed by atoms with Crippen LogP contribution in [0.4, 0.5) is 10.2 Å². The van der Waals surface area contributed by atoms with Crippen molar-refractivity contribution >= 4 is 5.82 Å².